The van der Waals surface area contributed by atoms with Crippen molar-refractivity contribution in [3.63, 3.8) is 0 Å². The Morgan fingerprint density at radius 1 is 1.15 bits per heavy atom. The molecule has 2 N–H and O–H groups in total. The number of nitrogens with one attached hydrogen (secondary N) is 1. The number of hydrogen-bond donors (Lipinski definition) is 2. The first kappa shape index (κ1) is 17.1. The summed E-state index contributed by atoms with van der Waals surface area (Å²) in [5.74, 6) is 0.979. The van der Waals surface area contributed by atoms with E-state index in [9.17, 15) is 9.50 Å². The maximum absolute atomic E-state index is 13.1. The highest BCUT2D eigenvalue weighted by Gasteiger charge is 2.10. The number of hydrogen-bond acceptors (Lipinski definition) is 5. The number of aliphatic hydroxyl groups is 1. The summed E-state index contributed by atoms with van der Waals surface area (Å²) in [6.07, 6.45) is 4.99. The Labute approximate surface area is 155 Å². The number of benzene rings is 2. The van der Waals surface area contributed by atoms with Crippen molar-refractivity contribution in [2.24, 2.45) is 0 Å². The fourth-order valence-electron chi connectivity index (χ4n) is 2.94. The number of fused-ring (bicyclic) bond motifs is 1. The fourth-order valence-corrected chi connectivity index (χ4v) is 2.94. The molecule has 7 heteroatoms. The van der Waals surface area contributed by atoms with Crippen LogP contribution in [-0.4, -0.2) is 24.6 Å². The number of halogens is 1. The molecule has 2 aromatic heterocycles. The normalized spacial score (nSPS) is 12.3. The van der Waals surface area contributed by atoms with Crippen LogP contribution in [-0.2, 0) is 6.61 Å². The lowest BCUT2D eigenvalue weighted by molar-refractivity contribution is 0.282. The molecular formula is C20H18FN5O. The van der Waals surface area contributed by atoms with Gasteiger partial charge >= 0.3 is 0 Å². The van der Waals surface area contributed by atoms with Crippen LogP contribution in [0.25, 0.3) is 16.9 Å². The summed E-state index contributed by atoms with van der Waals surface area (Å²) in [5.41, 5.74) is 3.42. The first-order chi connectivity index (χ1) is 13.1. The maximum Gasteiger partial charge on any atom is 0.159 e. The summed E-state index contributed by atoms with van der Waals surface area (Å²) in [7, 11) is 0. The molecule has 0 saturated heterocycles. The van der Waals surface area contributed by atoms with Crippen molar-refractivity contribution in [3.05, 3.63) is 78.1 Å². The molecule has 0 spiro atoms. The van der Waals surface area contributed by atoms with Gasteiger partial charge in [0.2, 0.25) is 0 Å². The molecule has 6 nitrogen and oxygen atoms in total. The van der Waals surface area contributed by atoms with E-state index in [-0.39, 0.29) is 18.5 Å². The lowest BCUT2D eigenvalue weighted by Gasteiger charge is -2.15. The van der Waals surface area contributed by atoms with Crippen molar-refractivity contribution in [1.82, 2.24) is 19.5 Å². The molecule has 0 saturated carbocycles. The molecule has 0 aliphatic carbocycles. The molecule has 2 heterocycles. The summed E-state index contributed by atoms with van der Waals surface area (Å²) in [5, 5.41) is 12.5. The Kier molecular flexibility index (Phi) is 4.52. The fraction of sp³-hybridized carbons (Fsp3) is 0.150. The number of imidazole rings is 1. The van der Waals surface area contributed by atoms with Gasteiger partial charge in [0.25, 0.3) is 0 Å². The molecule has 4 aromatic rings. The molecule has 0 bridgehead atoms. The third-order valence-electron chi connectivity index (χ3n) is 4.40. The first-order valence-corrected chi connectivity index (χ1v) is 8.55. The summed E-state index contributed by atoms with van der Waals surface area (Å²) in [4.78, 5) is 13.3. The highest BCUT2D eigenvalue weighted by molar-refractivity contribution is 5.77. The molecule has 1 atom stereocenters. The number of anilines is 1. The molecule has 0 radical (unpaired) electrons. The average Bonchev–Trinajstić information content (AvgIpc) is 3.11. The Morgan fingerprint density at radius 2 is 1.96 bits per heavy atom. The van der Waals surface area contributed by atoms with Crippen LogP contribution in [0.3, 0.4) is 0 Å². The van der Waals surface area contributed by atoms with Crippen molar-refractivity contribution in [2.75, 3.05) is 5.32 Å². The van der Waals surface area contributed by atoms with Gasteiger partial charge in [0, 0.05) is 6.04 Å². The van der Waals surface area contributed by atoms with Gasteiger partial charge in [-0.05, 0) is 42.3 Å². The van der Waals surface area contributed by atoms with Crippen LogP contribution >= 0.6 is 0 Å². The van der Waals surface area contributed by atoms with Crippen molar-refractivity contribution >= 4 is 16.9 Å². The molecule has 27 heavy (non-hydrogen) atoms. The van der Waals surface area contributed by atoms with Crippen LogP contribution in [0.4, 0.5) is 10.2 Å². The zero-order valence-electron chi connectivity index (χ0n) is 14.7. The lowest BCUT2D eigenvalue weighted by atomic mass is 10.1. The standard InChI is InChI=1S/C20H18FN5O/c1-13(15-3-5-16(21)6-4-15)24-19-9-22-10-20(25-19)26-12-23-17-8-14(11-27)2-7-18(17)26/h2-10,12-13,27H,11H2,1H3,(H,24,25). The van der Waals surface area contributed by atoms with Gasteiger partial charge in [0.1, 0.15) is 18.0 Å². The van der Waals surface area contributed by atoms with E-state index in [1.54, 1.807) is 30.9 Å². The zero-order valence-corrected chi connectivity index (χ0v) is 14.7. The van der Waals surface area contributed by atoms with E-state index < -0.39 is 0 Å². The van der Waals surface area contributed by atoms with E-state index in [1.807, 2.05) is 29.7 Å². The van der Waals surface area contributed by atoms with Crippen molar-refractivity contribution in [1.29, 1.82) is 0 Å². The van der Waals surface area contributed by atoms with Crippen LogP contribution in [0.1, 0.15) is 24.1 Å². The van der Waals surface area contributed by atoms with E-state index in [0.717, 1.165) is 22.2 Å². The average molecular weight is 363 g/mol. The van der Waals surface area contributed by atoms with Gasteiger partial charge in [-0.15, -0.1) is 0 Å². The van der Waals surface area contributed by atoms with E-state index in [0.29, 0.717) is 11.6 Å². The monoisotopic (exact) mass is 363 g/mol. The predicted molar refractivity (Wildman–Crippen MR) is 101 cm³/mol. The topological polar surface area (TPSA) is 75.9 Å². The van der Waals surface area contributed by atoms with Crippen molar-refractivity contribution in [2.45, 2.75) is 19.6 Å². The minimum atomic E-state index is -0.260. The van der Waals surface area contributed by atoms with Gasteiger partial charge in [-0.3, -0.25) is 9.55 Å². The second-order valence-electron chi connectivity index (χ2n) is 6.28. The molecule has 4 rings (SSSR count). The largest absolute Gasteiger partial charge is 0.392 e. The molecule has 0 amide bonds. The maximum atomic E-state index is 13.1. The number of aliphatic hydroxyl groups excluding tert-OH is 1. The number of nitrogens with zero attached hydrogens (tertiary/aromatic N) is 4. The highest BCUT2D eigenvalue weighted by atomic mass is 19.1. The molecule has 2 aromatic carbocycles. The predicted octanol–water partition coefficient (Wildman–Crippen LogP) is 3.62. The van der Waals surface area contributed by atoms with E-state index in [4.69, 9.17) is 0 Å². The van der Waals surface area contributed by atoms with Crippen molar-refractivity contribution in [3.8, 4) is 5.82 Å². The second-order valence-corrected chi connectivity index (χ2v) is 6.28. The minimum absolute atomic E-state index is 0.0245. The second kappa shape index (κ2) is 7.13. The molecular weight excluding hydrogens is 345 g/mol. The number of aromatic nitrogens is 4. The quantitative estimate of drug-likeness (QED) is 0.566. The van der Waals surface area contributed by atoms with Crippen LogP contribution in [0.15, 0.2) is 61.2 Å². The van der Waals surface area contributed by atoms with E-state index >= 15 is 0 Å². The molecule has 0 aliphatic rings. The third-order valence-corrected chi connectivity index (χ3v) is 4.40. The summed E-state index contributed by atoms with van der Waals surface area (Å²) in [6.45, 7) is 1.95. The van der Waals surface area contributed by atoms with Gasteiger partial charge < -0.3 is 10.4 Å². The molecule has 0 fully saturated rings. The van der Waals surface area contributed by atoms with Gasteiger partial charge in [0.05, 0.1) is 30.0 Å². The van der Waals surface area contributed by atoms with Crippen LogP contribution in [0.5, 0.6) is 0 Å². The Morgan fingerprint density at radius 3 is 2.74 bits per heavy atom. The lowest BCUT2D eigenvalue weighted by Crippen LogP contribution is -2.09. The van der Waals surface area contributed by atoms with Crippen LogP contribution in [0, 0.1) is 5.82 Å². The van der Waals surface area contributed by atoms with Crippen molar-refractivity contribution < 1.29 is 9.50 Å². The van der Waals surface area contributed by atoms with E-state index in [1.165, 1.54) is 12.1 Å². The summed E-state index contributed by atoms with van der Waals surface area (Å²) < 4.78 is 14.9. The Bertz CT molecular complexity index is 1080. The van der Waals surface area contributed by atoms with Crippen LogP contribution in [0.2, 0.25) is 0 Å². The molecule has 1 unspecified atom stereocenters. The molecule has 136 valence electrons. The van der Waals surface area contributed by atoms with Gasteiger partial charge in [-0.2, -0.15) is 0 Å². The van der Waals surface area contributed by atoms with Gasteiger partial charge in [-0.25, -0.2) is 14.4 Å². The minimum Gasteiger partial charge on any atom is -0.392 e. The first-order valence-electron chi connectivity index (χ1n) is 8.55. The zero-order chi connectivity index (χ0) is 18.8. The Hall–Kier alpha value is -3.32. The Balaban J connectivity index is 1.62. The third kappa shape index (κ3) is 3.50. The van der Waals surface area contributed by atoms with Crippen LogP contribution < -0.4 is 5.32 Å². The summed E-state index contributed by atoms with van der Waals surface area (Å²) in [6, 6.07) is 11.9. The van der Waals surface area contributed by atoms with Gasteiger partial charge in [0.15, 0.2) is 5.82 Å². The van der Waals surface area contributed by atoms with Gasteiger partial charge in [-0.1, -0.05) is 18.2 Å². The van der Waals surface area contributed by atoms with E-state index in [2.05, 4.69) is 20.3 Å². The SMILES string of the molecule is CC(Nc1cncc(-n2cnc3cc(CO)ccc32)n1)c1ccc(F)cc1. The highest BCUT2D eigenvalue weighted by Crippen LogP contribution is 2.21. The number of rotatable bonds is 5. The molecule has 0 aliphatic heterocycles. The summed E-state index contributed by atoms with van der Waals surface area (Å²) >= 11 is 0. The smallest absolute Gasteiger partial charge is 0.159 e.